The average molecular weight is 390 g/mol. The van der Waals surface area contributed by atoms with Crippen molar-refractivity contribution in [2.45, 2.75) is 44.6 Å². The summed E-state index contributed by atoms with van der Waals surface area (Å²) in [5.41, 5.74) is 0.600. The predicted octanol–water partition coefficient (Wildman–Crippen LogP) is 3.11. The first-order valence-electron chi connectivity index (χ1n) is 9.25. The lowest BCUT2D eigenvalue weighted by atomic mass is 9.92. The molecule has 0 aromatic heterocycles. The van der Waals surface area contributed by atoms with Crippen molar-refractivity contribution in [1.82, 2.24) is 15.5 Å². The van der Waals surface area contributed by atoms with E-state index >= 15 is 0 Å². The molecule has 2 N–H and O–H groups in total. The van der Waals surface area contributed by atoms with Gasteiger partial charge in [0.25, 0.3) is 5.91 Å². The molecule has 0 unspecified atom stereocenters. The fourth-order valence-electron chi connectivity index (χ4n) is 3.58. The van der Waals surface area contributed by atoms with E-state index in [1.807, 2.05) is 0 Å². The monoisotopic (exact) mass is 389 g/mol. The largest absolute Gasteiger partial charge is 0.354 e. The first-order chi connectivity index (χ1) is 12.9. The quantitative estimate of drug-likeness (QED) is 0.579. The van der Waals surface area contributed by atoms with Gasteiger partial charge in [-0.2, -0.15) is 0 Å². The molecule has 7 heteroatoms. The van der Waals surface area contributed by atoms with Crippen LogP contribution in [-0.4, -0.2) is 35.8 Å². The van der Waals surface area contributed by atoms with Gasteiger partial charge in [0.2, 0.25) is 5.91 Å². The molecule has 0 spiro atoms. The number of imide groups is 1. The highest BCUT2D eigenvalue weighted by Gasteiger charge is 2.50. The second kappa shape index (κ2) is 8.13. The molecule has 3 rings (SSSR count). The molecule has 0 bridgehead atoms. The van der Waals surface area contributed by atoms with Gasteiger partial charge in [-0.05, 0) is 45.1 Å². The Kier molecular flexibility index (Phi) is 5.85. The molecule has 1 atom stereocenters. The van der Waals surface area contributed by atoms with E-state index in [1.165, 1.54) is 18.4 Å². The minimum absolute atomic E-state index is 0.302. The van der Waals surface area contributed by atoms with Gasteiger partial charge in [-0.25, -0.2) is 4.79 Å². The summed E-state index contributed by atoms with van der Waals surface area (Å²) >= 11 is 6.20. The molecule has 4 amide bonds. The highest BCUT2D eigenvalue weighted by molar-refractivity contribution is 6.32. The molecule has 0 saturated carbocycles. The fourth-order valence-corrected chi connectivity index (χ4v) is 3.91. The first kappa shape index (κ1) is 19.4. The van der Waals surface area contributed by atoms with Crippen molar-refractivity contribution < 1.29 is 14.4 Å². The Morgan fingerprint density at radius 1 is 1.30 bits per heavy atom. The Morgan fingerprint density at radius 3 is 2.78 bits per heavy atom. The van der Waals surface area contributed by atoms with E-state index in [-0.39, 0.29) is 12.5 Å². The second-order valence-electron chi connectivity index (χ2n) is 7.13. The zero-order valence-electron chi connectivity index (χ0n) is 15.4. The lowest BCUT2D eigenvalue weighted by Gasteiger charge is -2.23. The Balaban J connectivity index is 1.59. The summed E-state index contributed by atoms with van der Waals surface area (Å²) in [5.74, 6) is -0.830. The number of amides is 4. The van der Waals surface area contributed by atoms with Crippen LogP contribution in [0, 0.1) is 0 Å². The van der Waals surface area contributed by atoms with E-state index in [0.29, 0.717) is 17.1 Å². The highest BCUT2D eigenvalue weighted by atomic mass is 35.5. The summed E-state index contributed by atoms with van der Waals surface area (Å²) in [6, 6.07) is 6.27. The van der Waals surface area contributed by atoms with E-state index in [1.54, 1.807) is 31.2 Å². The molecule has 6 nitrogen and oxygen atoms in total. The molecule has 27 heavy (non-hydrogen) atoms. The van der Waals surface area contributed by atoms with E-state index < -0.39 is 17.5 Å². The van der Waals surface area contributed by atoms with Crippen LogP contribution in [0.15, 0.2) is 35.9 Å². The number of benzene rings is 1. The summed E-state index contributed by atoms with van der Waals surface area (Å²) in [6.07, 6.45) is 7.66. The fraction of sp³-hybridized carbons (Fsp3) is 0.450. The summed E-state index contributed by atoms with van der Waals surface area (Å²) in [6.45, 7) is 1.81. The topological polar surface area (TPSA) is 78.5 Å². The van der Waals surface area contributed by atoms with Crippen LogP contribution in [0.2, 0.25) is 5.02 Å². The van der Waals surface area contributed by atoms with Gasteiger partial charge in [0.15, 0.2) is 0 Å². The number of carbonyl (C=O) groups is 3. The van der Waals surface area contributed by atoms with Crippen molar-refractivity contribution in [3.63, 3.8) is 0 Å². The third-order valence-corrected chi connectivity index (χ3v) is 5.47. The molecule has 2 aliphatic rings. The minimum atomic E-state index is -1.28. The van der Waals surface area contributed by atoms with E-state index in [4.69, 9.17) is 11.6 Å². The molecular weight excluding hydrogens is 366 g/mol. The minimum Gasteiger partial charge on any atom is -0.354 e. The lowest BCUT2D eigenvalue weighted by molar-refractivity contribution is -0.134. The van der Waals surface area contributed by atoms with Crippen molar-refractivity contribution in [1.29, 1.82) is 0 Å². The van der Waals surface area contributed by atoms with Crippen LogP contribution in [-0.2, 0) is 15.1 Å². The standard InChI is InChI=1S/C20H24ClN3O3/c1-20(15-9-5-6-10-16(15)21)18(26)24(19(27)23-20)13-17(25)22-12-11-14-7-3-2-4-8-14/h5-7,9-10H,2-4,8,11-13H2,1H3,(H,22,25)(H,23,27)/t20-/m1/s1. The number of carbonyl (C=O) groups excluding carboxylic acids is 3. The number of allylic oxidation sites excluding steroid dienone is 1. The number of urea groups is 1. The number of hydrogen-bond acceptors (Lipinski definition) is 3. The number of hydrogen-bond donors (Lipinski definition) is 2. The van der Waals surface area contributed by atoms with E-state index in [2.05, 4.69) is 16.7 Å². The molecule has 1 aromatic rings. The Morgan fingerprint density at radius 2 is 2.07 bits per heavy atom. The van der Waals surface area contributed by atoms with Crippen molar-refractivity contribution >= 4 is 29.4 Å². The summed E-state index contributed by atoms with van der Waals surface area (Å²) < 4.78 is 0. The molecular formula is C20H24ClN3O3. The van der Waals surface area contributed by atoms with Gasteiger partial charge in [-0.3, -0.25) is 14.5 Å². The van der Waals surface area contributed by atoms with Gasteiger partial charge in [-0.1, -0.05) is 41.4 Å². The molecule has 144 valence electrons. The third kappa shape index (κ3) is 4.16. The third-order valence-electron chi connectivity index (χ3n) is 5.14. The summed E-state index contributed by atoms with van der Waals surface area (Å²) in [4.78, 5) is 38.3. The van der Waals surface area contributed by atoms with Crippen LogP contribution in [0.4, 0.5) is 4.79 Å². The molecule has 1 aromatic carbocycles. The maximum atomic E-state index is 12.8. The van der Waals surface area contributed by atoms with Gasteiger partial charge >= 0.3 is 6.03 Å². The summed E-state index contributed by atoms with van der Waals surface area (Å²) in [7, 11) is 0. The second-order valence-corrected chi connectivity index (χ2v) is 7.54. The van der Waals surface area contributed by atoms with Crippen molar-refractivity contribution in [2.24, 2.45) is 0 Å². The average Bonchev–Trinajstić information content (AvgIpc) is 2.87. The van der Waals surface area contributed by atoms with Crippen molar-refractivity contribution in [2.75, 3.05) is 13.1 Å². The van der Waals surface area contributed by atoms with Gasteiger partial charge < -0.3 is 10.6 Å². The lowest BCUT2D eigenvalue weighted by Crippen LogP contribution is -2.43. The Hall–Kier alpha value is -2.34. The van der Waals surface area contributed by atoms with Crippen LogP contribution in [0.1, 0.15) is 44.6 Å². The number of nitrogens with one attached hydrogen (secondary N) is 2. The zero-order valence-corrected chi connectivity index (χ0v) is 16.1. The van der Waals surface area contributed by atoms with E-state index in [0.717, 1.165) is 24.2 Å². The van der Waals surface area contributed by atoms with Crippen molar-refractivity contribution in [3.8, 4) is 0 Å². The predicted molar refractivity (Wildman–Crippen MR) is 103 cm³/mol. The van der Waals surface area contributed by atoms with Gasteiger partial charge in [-0.15, -0.1) is 0 Å². The number of nitrogens with zero attached hydrogens (tertiary/aromatic N) is 1. The van der Waals surface area contributed by atoms with Crippen LogP contribution in [0.25, 0.3) is 0 Å². The molecule has 1 fully saturated rings. The highest BCUT2D eigenvalue weighted by Crippen LogP contribution is 2.33. The molecule has 1 aliphatic carbocycles. The van der Waals surface area contributed by atoms with Crippen LogP contribution >= 0.6 is 11.6 Å². The summed E-state index contributed by atoms with van der Waals surface area (Å²) in [5, 5.41) is 5.85. The number of halogens is 1. The SMILES string of the molecule is C[C@]1(c2ccccc2Cl)NC(=O)N(CC(=O)NCCC2=CCCCC2)C1=O. The van der Waals surface area contributed by atoms with Crippen LogP contribution < -0.4 is 10.6 Å². The maximum absolute atomic E-state index is 12.8. The molecule has 1 aliphatic heterocycles. The first-order valence-corrected chi connectivity index (χ1v) is 9.63. The van der Waals surface area contributed by atoms with Crippen molar-refractivity contribution in [3.05, 3.63) is 46.5 Å². The van der Waals surface area contributed by atoms with Gasteiger partial charge in [0, 0.05) is 17.1 Å². The molecule has 1 saturated heterocycles. The maximum Gasteiger partial charge on any atom is 0.325 e. The van der Waals surface area contributed by atoms with Gasteiger partial charge in [0.05, 0.1) is 0 Å². The van der Waals surface area contributed by atoms with Gasteiger partial charge in [0.1, 0.15) is 12.1 Å². The normalized spacial score (nSPS) is 22.4. The molecule has 0 radical (unpaired) electrons. The zero-order chi connectivity index (χ0) is 19.4. The molecule has 1 heterocycles. The Bertz CT molecular complexity index is 792. The van der Waals surface area contributed by atoms with E-state index in [9.17, 15) is 14.4 Å². The smallest absolute Gasteiger partial charge is 0.325 e. The van der Waals surface area contributed by atoms with Crippen LogP contribution in [0.3, 0.4) is 0 Å². The van der Waals surface area contributed by atoms with Crippen LogP contribution in [0.5, 0.6) is 0 Å². The number of rotatable bonds is 6. The Labute approximate surface area is 163 Å².